The SMILES string of the molecule is O=C(CCc1n[nH]c2c1CCCC2)N[C@@H]1CC[C@H](C(=O)NC2CCCCC2)C1. The lowest BCUT2D eigenvalue weighted by atomic mass is 9.94. The van der Waals surface area contributed by atoms with Gasteiger partial charge in [-0.3, -0.25) is 14.7 Å². The van der Waals surface area contributed by atoms with Gasteiger partial charge in [-0.1, -0.05) is 19.3 Å². The van der Waals surface area contributed by atoms with E-state index in [0.717, 1.165) is 50.6 Å². The molecule has 2 amide bonds. The Morgan fingerprint density at radius 2 is 1.75 bits per heavy atom. The van der Waals surface area contributed by atoms with E-state index in [4.69, 9.17) is 0 Å². The van der Waals surface area contributed by atoms with Crippen molar-refractivity contribution in [2.24, 2.45) is 5.92 Å². The average molecular weight is 387 g/mol. The van der Waals surface area contributed by atoms with E-state index in [1.165, 1.54) is 43.4 Å². The maximum absolute atomic E-state index is 12.5. The Bertz CT molecular complexity index is 693. The Hall–Kier alpha value is -1.85. The summed E-state index contributed by atoms with van der Waals surface area (Å²) in [7, 11) is 0. The summed E-state index contributed by atoms with van der Waals surface area (Å²) in [6, 6.07) is 0.511. The highest BCUT2D eigenvalue weighted by Crippen LogP contribution is 2.27. The van der Waals surface area contributed by atoms with Gasteiger partial charge in [-0.05, 0) is 63.4 Å². The maximum atomic E-state index is 12.5. The number of amides is 2. The fraction of sp³-hybridized carbons (Fsp3) is 0.773. The summed E-state index contributed by atoms with van der Waals surface area (Å²) in [5.74, 6) is 0.350. The van der Waals surface area contributed by atoms with Crippen LogP contribution in [0.3, 0.4) is 0 Å². The number of fused-ring (bicyclic) bond motifs is 1. The van der Waals surface area contributed by atoms with E-state index in [-0.39, 0.29) is 23.8 Å². The molecule has 4 rings (SSSR count). The molecule has 0 radical (unpaired) electrons. The van der Waals surface area contributed by atoms with Gasteiger partial charge in [-0.15, -0.1) is 0 Å². The number of carbonyl (C=O) groups excluding carboxylic acids is 2. The Balaban J connectivity index is 1.19. The third-order valence-corrected chi connectivity index (χ3v) is 6.85. The second-order valence-corrected chi connectivity index (χ2v) is 8.95. The molecule has 28 heavy (non-hydrogen) atoms. The third-order valence-electron chi connectivity index (χ3n) is 6.85. The summed E-state index contributed by atoms with van der Waals surface area (Å²) in [6.45, 7) is 0. The van der Waals surface area contributed by atoms with Crippen LogP contribution >= 0.6 is 0 Å². The van der Waals surface area contributed by atoms with Gasteiger partial charge in [0.15, 0.2) is 0 Å². The minimum atomic E-state index is 0.0607. The van der Waals surface area contributed by atoms with Crippen molar-refractivity contribution < 1.29 is 9.59 Å². The Morgan fingerprint density at radius 3 is 2.61 bits per heavy atom. The number of hydrogen-bond acceptors (Lipinski definition) is 3. The number of aromatic amines is 1. The summed E-state index contributed by atoms with van der Waals surface area (Å²) in [5.41, 5.74) is 3.68. The average Bonchev–Trinajstić information content (AvgIpc) is 3.34. The maximum Gasteiger partial charge on any atom is 0.223 e. The molecule has 0 unspecified atom stereocenters. The van der Waals surface area contributed by atoms with Crippen LogP contribution in [-0.2, 0) is 28.9 Å². The first-order valence-corrected chi connectivity index (χ1v) is 11.3. The molecule has 6 heteroatoms. The first kappa shape index (κ1) is 19.5. The molecule has 3 aliphatic carbocycles. The van der Waals surface area contributed by atoms with Crippen molar-refractivity contribution in [3.63, 3.8) is 0 Å². The van der Waals surface area contributed by atoms with Crippen LogP contribution in [-0.4, -0.2) is 34.1 Å². The molecule has 2 fully saturated rings. The number of rotatable bonds is 6. The van der Waals surface area contributed by atoms with Gasteiger partial charge < -0.3 is 10.6 Å². The molecule has 2 atom stereocenters. The standard InChI is InChI=1S/C22H34N4O2/c27-21(13-12-20-18-8-4-5-9-19(18)25-26-20)23-17-11-10-15(14-17)22(28)24-16-6-2-1-3-7-16/h15-17H,1-14H2,(H,23,27)(H,24,28)(H,25,26)/t15-,17+/m0/s1. The van der Waals surface area contributed by atoms with Crippen molar-refractivity contribution in [2.75, 3.05) is 0 Å². The van der Waals surface area contributed by atoms with Gasteiger partial charge in [0.1, 0.15) is 0 Å². The van der Waals surface area contributed by atoms with Gasteiger partial charge in [0.25, 0.3) is 0 Å². The highest BCUT2D eigenvalue weighted by atomic mass is 16.2. The van der Waals surface area contributed by atoms with E-state index in [0.29, 0.717) is 18.9 Å². The molecule has 1 aromatic heterocycles. The second kappa shape index (κ2) is 9.10. The van der Waals surface area contributed by atoms with Gasteiger partial charge in [0.05, 0.1) is 5.69 Å². The molecule has 6 nitrogen and oxygen atoms in total. The Morgan fingerprint density at radius 1 is 0.929 bits per heavy atom. The molecule has 0 spiro atoms. The normalized spacial score (nSPS) is 25.3. The summed E-state index contributed by atoms with van der Waals surface area (Å²) < 4.78 is 0. The van der Waals surface area contributed by atoms with Crippen molar-refractivity contribution in [3.05, 3.63) is 17.0 Å². The van der Waals surface area contributed by atoms with Crippen molar-refractivity contribution >= 4 is 11.8 Å². The molecular weight excluding hydrogens is 352 g/mol. The molecule has 3 aliphatic rings. The quantitative estimate of drug-likeness (QED) is 0.702. The third kappa shape index (κ3) is 4.76. The first-order valence-electron chi connectivity index (χ1n) is 11.3. The molecule has 0 aromatic carbocycles. The monoisotopic (exact) mass is 386 g/mol. The van der Waals surface area contributed by atoms with Crippen LogP contribution < -0.4 is 10.6 Å². The van der Waals surface area contributed by atoms with Crippen LogP contribution in [0.25, 0.3) is 0 Å². The number of aromatic nitrogens is 2. The molecule has 0 aliphatic heterocycles. The van der Waals surface area contributed by atoms with Gasteiger partial charge in [-0.2, -0.15) is 5.10 Å². The van der Waals surface area contributed by atoms with Crippen molar-refractivity contribution in [3.8, 4) is 0 Å². The molecule has 0 saturated heterocycles. The van der Waals surface area contributed by atoms with Crippen molar-refractivity contribution in [1.29, 1.82) is 0 Å². The molecule has 3 N–H and O–H groups in total. The topological polar surface area (TPSA) is 86.9 Å². The number of nitrogens with zero attached hydrogens (tertiary/aromatic N) is 1. The molecule has 0 bridgehead atoms. The molecule has 2 saturated carbocycles. The second-order valence-electron chi connectivity index (χ2n) is 8.95. The zero-order valence-corrected chi connectivity index (χ0v) is 16.9. The van der Waals surface area contributed by atoms with Gasteiger partial charge in [0, 0.05) is 36.5 Å². The predicted octanol–water partition coefficient (Wildman–Crippen LogP) is 2.95. The van der Waals surface area contributed by atoms with Crippen LogP contribution in [0, 0.1) is 5.92 Å². The van der Waals surface area contributed by atoms with Crippen LogP contribution in [0.5, 0.6) is 0 Å². The van der Waals surface area contributed by atoms with Crippen LogP contribution in [0.4, 0.5) is 0 Å². The summed E-state index contributed by atoms with van der Waals surface area (Å²) in [4.78, 5) is 24.9. The largest absolute Gasteiger partial charge is 0.353 e. The number of aryl methyl sites for hydroxylation is 2. The number of H-pyrrole nitrogens is 1. The minimum Gasteiger partial charge on any atom is -0.353 e. The highest BCUT2D eigenvalue weighted by Gasteiger charge is 2.32. The Kier molecular flexibility index (Phi) is 6.33. The fourth-order valence-electron chi connectivity index (χ4n) is 5.20. The first-order chi connectivity index (χ1) is 13.7. The van der Waals surface area contributed by atoms with E-state index in [2.05, 4.69) is 20.8 Å². The summed E-state index contributed by atoms with van der Waals surface area (Å²) in [6.07, 6.45) is 14.4. The molecule has 1 heterocycles. The van der Waals surface area contributed by atoms with Gasteiger partial charge in [0.2, 0.25) is 11.8 Å². The van der Waals surface area contributed by atoms with E-state index in [1.807, 2.05) is 0 Å². The van der Waals surface area contributed by atoms with Crippen molar-refractivity contribution in [1.82, 2.24) is 20.8 Å². The van der Waals surface area contributed by atoms with Gasteiger partial charge >= 0.3 is 0 Å². The fourth-order valence-corrected chi connectivity index (χ4v) is 5.20. The Labute approximate surface area is 167 Å². The summed E-state index contributed by atoms with van der Waals surface area (Å²) >= 11 is 0. The van der Waals surface area contributed by atoms with Gasteiger partial charge in [-0.25, -0.2) is 0 Å². The number of nitrogens with one attached hydrogen (secondary N) is 3. The van der Waals surface area contributed by atoms with E-state index < -0.39 is 0 Å². The number of hydrogen-bond donors (Lipinski definition) is 3. The minimum absolute atomic E-state index is 0.0607. The molecule has 1 aromatic rings. The zero-order valence-electron chi connectivity index (χ0n) is 16.9. The van der Waals surface area contributed by atoms with E-state index in [1.54, 1.807) is 0 Å². The zero-order chi connectivity index (χ0) is 19.3. The van der Waals surface area contributed by atoms with Crippen molar-refractivity contribution in [2.45, 2.75) is 102 Å². The number of carbonyl (C=O) groups is 2. The molecule has 154 valence electrons. The lowest BCUT2D eigenvalue weighted by Gasteiger charge is -2.24. The van der Waals surface area contributed by atoms with E-state index in [9.17, 15) is 9.59 Å². The smallest absolute Gasteiger partial charge is 0.223 e. The highest BCUT2D eigenvalue weighted by molar-refractivity contribution is 5.80. The van der Waals surface area contributed by atoms with Crippen LogP contribution in [0.2, 0.25) is 0 Å². The lowest BCUT2D eigenvalue weighted by Crippen LogP contribution is -2.40. The molecular formula is C22H34N4O2. The lowest BCUT2D eigenvalue weighted by molar-refractivity contribution is -0.126. The van der Waals surface area contributed by atoms with E-state index >= 15 is 0 Å². The van der Waals surface area contributed by atoms with Crippen LogP contribution in [0.15, 0.2) is 0 Å². The predicted molar refractivity (Wildman–Crippen MR) is 108 cm³/mol. The summed E-state index contributed by atoms with van der Waals surface area (Å²) in [5, 5.41) is 14.0. The van der Waals surface area contributed by atoms with Crippen LogP contribution in [0.1, 0.15) is 87.6 Å².